The number of anilines is 1. The first-order chi connectivity index (χ1) is 8.72. The lowest BCUT2D eigenvalue weighted by Gasteiger charge is -2.08. The number of benzene rings is 1. The zero-order valence-electron chi connectivity index (χ0n) is 10.2. The summed E-state index contributed by atoms with van der Waals surface area (Å²) in [4.78, 5) is 23.2. The van der Waals surface area contributed by atoms with Crippen molar-refractivity contribution >= 4 is 17.5 Å². The summed E-state index contributed by atoms with van der Waals surface area (Å²) in [5, 5.41) is 5.59. The molecule has 0 saturated carbocycles. The number of carbonyl (C=O) groups is 2. The first-order valence-electron chi connectivity index (χ1n) is 6.12. The Hall–Kier alpha value is -1.88. The van der Waals surface area contributed by atoms with E-state index in [9.17, 15) is 9.59 Å². The van der Waals surface area contributed by atoms with Crippen LogP contribution in [0.25, 0.3) is 0 Å². The number of amides is 2. The number of nitrogens with one attached hydrogen (secondary N) is 2. The summed E-state index contributed by atoms with van der Waals surface area (Å²) in [5.74, 6) is -0.111. The lowest BCUT2D eigenvalue weighted by atomic mass is 10.1. The van der Waals surface area contributed by atoms with Gasteiger partial charge in [-0.05, 0) is 31.5 Å². The SMILES string of the molecule is NCCCCC(=O)Nc1cccc2c1CNC2=O. The Morgan fingerprint density at radius 3 is 3.00 bits per heavy atom. The van der Waals surface area contributed by atoms with Crippen molar-refractivity contribution in [2.75, 3.05) is 11.9 Å². The van der Waals surface area contributed by atoms with Crippen LogP contribution in [-0.2, 0) is 11.3 Å². The maximum absolute atomic E-state index is 11.7. The maximum Gasteiger partial charge on any atom is 0.251 e. The molecule has 1 heterocycles. The Morgan fingerprint density at radius 1 is 1.39 bits per heavy atom. The molecule has 0 aromatic heterocycles. The second kappa shape index (κ2) is 5.64. The summed E-state index contributed by atoms with van der Waals surface area (Å²) in [5.41, 5.74) is 7.62. The summed E-state index contributed by atoms with van der Waals surface area (Å²) in [6, 6.07) is 5.36. The summed E-state index contributed by atoms with van der Waals surface area (Å²) in [6.07, 6.45) is 2.09. The van der Waals surface area contributed by atoms with E-state index in [4.69, 9.17) is 5.73 Å². The third kappa shape index (κ3) is 2.68. The Bertz CT molecular complexity index is 471. The van der Waals surface area contributed by atoms with Crippen LogP contribution in [0.1, 0.15) is 35.2 Å². The minimum atomic E-state index is -0.0794. The van der Waals surface area contributed by atoms with Crippen molar-refractivity contribution in [1.82, 2.24) is 5.32 Å². The van der Waals surface area contributed by atoms with E-state index in [1.807, 2.05) is 6.07 Å². The van der Waals surface area contributed by atoms with Crippen molar-refractivity contribution in [2.45, 2.75) is 25.8 Å². The molecule has 96 valence electrons. The molecule has 0 spiro atoms. The summed E-state index contributed by atoms with van der Waals surface area (Å²) >= 11 is 0. The van der Waals surface area contributed by atoms with Crippen molar-refractivity contribution in [3.05, 3.63) is 29.3 Å². The average molecular weight is 247 g/mol. The minimum absolute atomic E-state index is 0.0313. The highest BCUT2D eigenvalue weighted by molar-refractivity contribution is 6.02. The summed E-state index contributed by atoms with van der Waals surface area (Å²) < 4.78 is 0. The molecule has 1 aromatic rings. The molecule has 1 aliphatic rings. The Balaban J connectivity index is 2.02. The Kier molecular flexibility index (Phi) is 3.94. The van der Waals surface area contributed by atoms with Crippen LogP contribution < -0.4 is 16.4 Å². The van der Waals surface area contributed by atoms with Gasteiger partial charge in [-0.25, -0.2) is 0 Å². The normalized spacial score (nSPS) is 13.1. The van der Waals surface area contributed by atoms with Crippen molar-refractivity contribution in [3.8, 4) is 0 Å². The van der Waals surface area contributed by atoms with Gasteiger partial charge in [-0.15, -0.1) is 0 Å². The minimum Gasteiger partial charge on any atom is -0.348 e. The summed E-state index contributed by atoms with van der Waals surface area (Å²) in [7, 11) is 0. The first-order valence-corrected chi connectivity index (χ1v) is 6.12. The number of carbonyl (C=O) groups excluding carboxylic acids is 2. The second-order valence-electron chi connectivity index (χ2n) is 4.31. The number of hydrogen-bond donors (Lipinski definition) is 3. The summed E-state index contributed by atoms with van der Waals surface area (Å²) in [6.45, 7) is 1.08. The Labute approximate surface area is 106 Å². The lowest BCUT2D eigenvalue weighted by molar-refractivity contribution is -0.116. The van der Waals surface area contributed by atoms with Gasteiger partial charge < -0.3 is 16.4 Å². The number of unbranched alkanes of at least 4 members (excludes halogenated alkanes) is 1. The van der Waals surface area contributed by atoms with Crippen LogP contribution in [0.2, 0.25) is 0 Å². The fraction of sp³-hybridized carbons (Fsp3) is 0.385. The molecule has 0 unspecified atom stereocenters. The van der Waals surface area contributed by atoms with Gasteiger partial charge in [-0.1, -0.05) is 6.07 Å². The molecular formula is C13H17N3O2. The van der Waals surface area contributed by atoms with E-state index in [-0.39, 0.29) is 11.8 Å². The fourth-order valence-electron chi connectivity index (χ4n) is 2.01. The van der Waals surface area contributed by atoms with Crippen LogP contribution in [0, 0.1) is 0 Å². The van der Waals surface area contributed by atoms with Crippen LogP contribution >= 0.6 is 0 Å². The van der Waals surface area contributed by atoms with E-state index >= 15 is 0 Å². The van der Waals surface area contributed by atoms with Crippen LogP contribution in [0.4, 0.5) is 5.69 Å². The number of hydrogen-bond acceptors (Lipinski definition) is 3. The van der Waals surface area contributed by atoms with Gasteiger partial charge in [0.1, 0.15) is 0 Å². The highest BCUT2D eigenvalue weighted by atomic mass is 16.2. The standard InChI is InChI=1S/C13H17N3O2/c14-7-2-1-6-12(17)16-11-5-3-4-9-10(11)8-15-13(9)18/h3-5H,1-2,6-8,14H2,(H,15,18)(H,16,17). The number of rotatable bonds is 5. The topological polar surface area (TPSA) is 84.2 Å². The van der Waals surface area contributed by atoms with E-state index in [0.717, 1.165) is 24.1 Å². The molecule has 0 aliphatic carbocycles. The molecule has 0 bridgehead atoms. The molecule has 5 heteroatoms. The highest BCUT2D eigenvalue weighted by Crippen LogP contribution is 2.24. The molecule has 18 heavy (non-hydrogen) atoms. The molecular weight excluding hydrogens is 230 g/mol. The molecule has 4 N–H and O–H groups in total. The van der Waals surface area contributed by atoms with E-state index < -0.39 is 0 Å². The predicted octanol–water partition coefficient (Wildman–Crippen LogP) is 0.997. The van der Waals surface area contributed by atoms with Gasteiger partial charge in [0.05, 0.1) is 0 Å². The van der Waals surface area contributed by atoms with Gasteiger partial charge >= 0.3 is 0 Å². The zero-order valence-corrected chi connectivity index (χ0v) is 10.2. The molecule has 5 nitrogen and oxygen atoms in total. The third-order valence-electron chi connectivity index (χ3n) is 2.98. The van der Waals surface area contributed by atoms with Crippen LogP contribution in [0.15, 0.2) is 18.2 Å². The van der Waals surface area contributed by atoms with Gasteiger partial charge in [0.25, 0.3) is 5.91 Å². The average Bonchev–Trinajstić information content (AvgIpc) is 2.73. The van der Waals surface area contributed by atoms with Crippen LogP contribution in [0.3, 0.4) is 0 Å². The van der Waals surface area contributed by atoms with Crippen LogP contribution in [-0.4, -0.2) is 18.4 Å². The zero-order chi connectivity index (χ0) is 13.0. The fourth-order valence-corrected chi connectivity index (χ4v) is 2.01. The largest absolute Gasteiger partial charge is 0.348 e. The molecule has 2 rings (SSSR count). The van der Waals surface area contributed by atoms with Gasteiger partial charge in [0.15, 0.2) is 0 Å². The third-order valence-corrected chi connectivity index (χ3v) is 2.98. The molecule has 0 fully saturated rings. The van der Waals surface area contributed by atoms with Gasteiger partial charge in [0, 0.05) is 29.8 Å². The van der Waals surface area contributed by atoms with Crippen LogP contribution in [0.5, 0.6) is 0 Å². The van der Waals surface area contributed by atoms with Crippen molar-refractivity contribution in [3.63, 3.8) is 0 Å². The second-order valence-corrected chi connectivity index (χ2v) is 4.31. The van der Waals surface area contributed by atoms with E-state index in [0.29, 0.717) is 25.1 Å². The van der Waals surface area contributed by atoms with Gasteiger partial charge in [0.2, 0.25) is 5.91 Å². The number of fused-ring (bicyclic) bond motifs is 1. The maximum atomic E-state index is 11.7. The first kappa shape index (κ1) is 12.6. The Morgan fingerprint density at radius 2 is 2.22 bits per heavy atom. The van der Waals surface area contributed by atoms with E-state index in [1.165, 1.54) is 0 Å². The molecule has 1 aliphatic heterocycles. The molecule has 0 atom stereocenters. The molecule has 2 amide bonds. The molecule has 0 radical (unpaired) electrons. The predicted molar refractivity (Wildman–Crippen MR) is 69.1 cm³/mol. The molecule has 0 saturated heterocycles. The smallest absolute Gasteiger partial charge is 0.251 e. The molecule has 1 aromatic carbocycles. The van der Waals surface area contributed by atoms with Gasteiger partial charge in [-0.2, -0.15) is 0 Å². The highest BCUT2D eigenvalue weighted by Gasteiger charge is 2.21. The lowest BCUT2D eigenvalue weighted by Crippen LogP contribution is -2.13. The quantitative estimate of drug-likeness (QED) is 0.679. The van der Waals surface area contributed by atoms with Crippen molar-refractivity contribution < 1.29 is 9.59 Å². The monoisotopic (exact) mass is 247 g/mol. The van der Waals surface area contributed by atoms with E-state index in [1.54, 1.807) is 12.1 Å². The van der Waals surface area contributed by atoms with Gasteiger partial charge in [-0.3, -0.25) is 9.59 Å². The van der Waals surface area contributed by atoms with E-state index in [2.05, 4.69) is 10.6 Å². The van der Waals surface area contributed by atoms with Crippen molar-refractivity contribution in [1.29, 1.82) is 0 Å². The van der Waals surface area contributed by atoms with Crippen molar-refractivity contribution in [2.24, 2.45) is 5.73 Å². The number of nitrogens with two attached hydrogens (primary N) is 1.